The van der Waals surface area contributed by atoms with Crippen LogP contribution in [0.25, 0.3) is 98.7 Å². The summed E-state index contributed by atoms with van der Waals surface area (Å²) < 4.78 is 0. The fourth-order valence-corrected chi connectivity index (χ4v) is 12.8. The van der Waals surface area contributed by atoms with Gasteiger partial charge in [0.25, 0.3) is 0 Å². The van der Waals surface area contributed by atoms with Crippen molar-refractivity contribution >= 4 is 43.1 Å². The van der Waals surface area contributed by atoms with Crippen LogP contribution in [0.3, 0.4) is 0 Å². The number of hydrogen-bond donors (Lipinski definition) is 0. The normalized spacial score (nSPS) is 14.5. The van der Waals surface area contributed by atoms with E-state index in [1.165, 1.54) is 127 Å². The maximum Gasteiger partial charge on any atom is 0.0210 e. The molecule has 2 aliphatic carbocycles. The highest BCUT2D eigenvalue weighted by atomic mass is 14.5. The van der Waals surface area contributed by atoms with Crippen molar-refractivity contribution in [2.45, 2.75) is 90.4 Å². The largest absolute Gasteiger partial charge is 0.0642 e. The van der Waals surface area contributed by atoms with E-state index in [1.54, 1.807) is 0 Å². The first-order valence-electron chi connectivity index (χ1n) is 24.6. The summed E-state index contributed by atoms with van der Waals surface area (Å²) in [5.74, 6) is 0. The summed E-state index contributed by atoms with van der Waals surface area (Å²) in [5, 5.41) is 10.3. The van der Waals surface area contributed by atoms with Crippen LogP contribution < -0.4 is 0 Å². The minimum atomic E-state index is -0.0807. The van der Waals surface area contributed by atoms with Gasteiger partial charge in [-0.15, -0.1) is 0 Å². The van der Waals surface area contributed by atoms with Gasteiger partial charge in [0.2, 0.25) is 0 Å². The Labute approximate surface area is 391 Å². The summed E-state index contributed by atoms with van der Waals surface area (Å²) in [6.45, 7) is 16.4. The van der Waals surface area contributed by atoms with Crippen LogP contribution in [-0.4, -0.2) is 0 Å². The molecular formula is C66H58. The van der Waals surface area contributed by atoms with Gasteiger partial charge in [-0.05, 0) is 194 Å². The third-order valence-electron chi connectivity index (χ3n) is 16.6. The maximum absolute atomic E-state index is 2.57. The number of rotatable bonds is 7. The zero-order chi connectivity index (χ0) is 45.1. The molecule has 2 aliphatic rings. The molecule has 0 nitrogen and oxygen atoms in total. The lowest BCUT2D eigenvalue weighted by molar-refractivity contribution is 0.490. The van der Waals surface area contributed by atoms with Crippen molar-refractivity contribution in [3.63, 3.8) is 0 Å². The Balaban J connectivity index is 0.984. The van der Waals surface area contributed by atoms with Crippen LogP contribution in [0.15, 0.2) is 176 Å². The lowest BCUT2D eigenvalue weighted by atomic mass is 9.72. The van der Waals surface area contributed by atoms with Gasteiger partial charge in [-0.3, -0.25) is 0 Å². The van der Waals surface area contributed by atoms with E-state index in [0.717, 1.165) is 25.7 Å². The van der Waals surface area contributed by atoms with E-state index in [-0.39, 0.29) is 16.2 Å². The molecule has 0 saturated carbocycles. The van der Waals surface area contributed by atoms with Crippen LogP contribution >= 0.6 is 0 Å². The summed E-state index contributed by atoms with van der Waals surface area (Å²) in [6, 6.07) is 68.3. The number of fused-ring (bicyclic) bond motifs is 12. The predicted molar refractivity (Wildman–Crippen MR) is 285 cm³/mol. The van der Waals surface area contributed by atoms with E-state index in [4.69, 9.17) is 0 Å². The Morgan fingerprint density at radius 1 is 0.303 bits per heavy atom. The van der Waals surface area contributed by atoms with E-state index in [1.807, 2.05) is 0 Å². The van der Waals surface area contributed by atoms with Gasteiger partial charge in [0.15, 0.2) is 0 Å². The summed E-state index contributed by atoms with van der Waals surface area (Å²) in [6.07, 6.45) is 4.29. The SMILES string of the molecule is CCC1(CC)c2ccccc2-c2ccc(-c3ccc4c(c3)C(CC)(CC)c3cc(-c5cc6c7ccccc7c(-c7ccc8cc(C(C)(C)C)ccc8c7)cc6c6ccccc56)ccc3-4)cc21. The van der Waals surface area contributed by atoms with Gasteiger partial charge in [-0.2, -0.15) is 0 Å². The van der Waals surface area contributed by atoms with E-state index >= 15 is 0 Å². The van der Waals surface area contributed by atoms with E-state index < -0.39 is 0 Å². The lowest BCUT2D eigenvalue weighted by Crippen LogP contribution is -2.23. The molecule has 0 aromatic heterocycles. The minimum Gasteiger partial charge on any atom is -0.0642 e. The topological polar surface area (TPSA) is 0 Å². The molecule has 0 radical (unpaired) electrons. The molecule has 0 heterocycles. The maximum atomic E-state index is 2.57. The summed E-state index contributed by atoms with van der Waals surface area (Å²) >= 11 is 0. The second-order valence-electron chi connectivity index (χ2n) is 20.5. The molecule has 322 valence electrons. The quantitative estimate of drug-likeness (QED) is 0.140. The zero-order valence-electron chi connectivity index (χ0n) is 39.6. The molecule has 66 heavy (non-hydrogen) atoms. The Hall–Kier alpha value is -6.76. The minimum absolute atomic E-state index is 0.0532. The third-order valence-corrected chi connectivity index (χ3v) is 16.6. The van der Waals surface area contributed by atoms with Gasteiger partial charge in [0.05, 0.1) is 0 Å². The zero-order valence-corrected chi connectivity index (χ0v) is 39.6. The van der Waals surface area contributed by atoms with Gasteiger partial charge in [0.1, 0.15) is 0 Å². The standard InChI is InChI=1S/C66H58/c1-8-65(9-2)60-23-17-16-22-52(60)53-31-27-43(36-61(53)65)44-28-32-54-55-33-29-46(38-63(55)66(10-3,11-4)62(54)37-44)57-40-59-50-20-14-12-18-48(50)56(39-58(59)51-21-15-13-19-49(51)57)45-25-24-42-35-47(64(5,6)7)30-26-41(42)34-45/h12-40H,8-11H2,1-7H3. The van der Waals surface area contributed by atoms with Crippen LogP contribution in [0, 0.1) is 0 Å². The summed E-state index contributed by atoms with van der Waals surface area (Å²) in [4.78, 5) is 0. The van der Waals surface area contributed by atoms with Crippen molar-refractivity contribution in [1.82, 2.24) is 0 Å². The molecule has 12 rings (SSSR count). The lowest BCUT2D eigenvalue weighted by Gasteiger charge is -2.31. The smallest absolute Gasteiger partial charge is 0.0210 e. The van der Waals surface area contributed by atoms with Crippen LogP contribution in [0.4, 0.5) is 0 Å². The van der Waals surface area contributed by atoms with Crippen LogP contribution in [-0.2, 0) is 16.2 Å². The van der Waals surface area contributed by atoms with Gasteiger partial charge in [-0.1, -0.05) is 188 Å². The van der Waals surface area contributed by atoms with E-state index in [0.29, 0.717) is 0 Å². The molecule has 0 aliphatic heterocycles. The molecule has 0 saturated heterocycles. The first kappa shape index (κ1) is 40.7. The molecule has 0 heteroatoms. The average Bonchev–Trinajstić information content (AvgIpc) is 3.81. The van der Waals surface area contributed by atoms with E-state index in [9.17, 15) is 0 Å². The van der Waals surface area contributed by atoms with Crippen molar-refractivity contribution in [3.05, 3.63) is 204 Å². The first-order chi connectivity index (χ1) is 32.1. The van der Waals surface area contributed by atoms with Crippen LogP contribution in [0.2, 0.25) is 0 Å². The summed E-state index contributed by atoms with van der Waals surface area (Å²) in [5.41, 5.74) is 20.7. The van der Waals surface area contributed by atoms with Crippen molar-refractivity contribution in [2.75, 3.05) is 0 Å². The Morgan fingerprint density at radius 2 is 0.697 bits per heavy atom. The highest BCUT2D eigenvalue weighted by molar-refractivity contribution is 6.24. The average molecular weight is 851 g/mol. The van der Waals surface area contributed by atoms with Gasteiger partial charge in [-0.25, -0.2) is 0 Å². The molecule has 10 aromatic carbocycles. The molecular weight excluding hydrogens is 793 g/mol. The molecule has 0 spiro atoms. The Bertz CT molecular complexity index is 3620. The number of benzene rings is 10. The highest BCUT2D eigenvalue weighted by Crippen LogP contribution is 2.57. The second kappa shape index (κ2) is 14.9. The van der Waals surface area contributed by atoms with Gasteiger partial charge < -0.3 is 0 Å². The molecule has 0 atom stereocenters. The first-order valence-corrected chi connectivity index (χ1v) is 24.6. The highest BCUT2D eigenvalue weighted by Gasteiger charge is 2.42. The third kappa shape index (κ3) is 5.76. The molecule has 0 N–H and O–H groups in total. The molecule has 0 unspecified atom stereocenters. The van der Waals surface area contributed by atoms with Crippen molar-refractivity contribution in [2.24, 2.45) is 0 Å². The summed E-state index contributed by atoms with van der Waals surface area (Å²) in [7, 11) is 0. The fourth-order valence-electron chi connectivity index (χ4n) is 12.8. The van der Waals surface area contributed by atoms with Crippen molar-refractivity contribution < 1.29 is 0 Å². The molecule has 0 fully saturated rings. The van der Waals surface area contributed by atoms with Gasteiger partial charge >= 0.3 is 0 Å². The monoisotopic (exact) mass is 850 g/mol. The predicted octanol–water partition coefficient (Wildman–Crippen LogP) is 18.8. The Morgan fingerprint density at radius 3 is 1.23 bits per heavy atom. The van der Waals surface area contributed by atoms with Gasteiger partial charge in [0, 0.05) is 10.8 Å². The second-order valence-corrected chi connectivity index (χ2v) is 20.5. The molecule has 0 amide bonds. The Kier molecular flexibility index (Phi) is 9.18. The van der Waals surface area contributed by atoms with Crippen molar-refractivity contribution in [1.29, 1.82) is 0 Å². The van der Waals surface area contributed by atoms with Crippen LogP contribution in [0.1, 0.15) is 102 Å². The molecule has 0 bridgehead atoms. The number of hydrogen-bond acceptors (Lipinski definition) is 0. The van der Waals surface area contributed by atoms with E-state index in [2.05, 4.69) is 224 Å². The molecule has 10 aromatic rings. The van der Waals surface area contributed by atoms with Crippen LogP contribution in [0.5, 0.6) is 0 Å². The van der Waals surface area contributed by atoms with Crippen molar-refractivity contribution in [3.8, 4) is 55.6 Å². The fraction of sp³-hybridized carbons (Fsp3) is 0.212.